The van der Waals surface area contributed by atoms with Crippen molar-refractivity contribution in [2.75, 3.05) is 6.61 Å². The fourth-order valence-electron chi connectivity index (χ4n) is 4.68. The molecule has 222 valence electrons. The number of carbonyl (C=O) groups is 1. The van der Waals surface area contributed by atoms with Gasteiger partial charge in [-0.3, -0.25) is 19.5 Å². The number of halogens is 2. The lowest BCUT2D eigenvalue weighted by Gasteiger charge is -2.25. The molecule has 2 aromatic heterocycles. The van der Waals surface area contributed by atoms with Crippen molar-refractivity contribution in [1.29, 1.82) is 0 Å². The Balaban J connectivity index is 1.59. The third-order valence-corrected chi connectivity index (χ3v) is 8.08. The zero-order valence-corrected chi connectivity index (χ0v) is 25.7. The Hall–Kier alpha value is -4.19. The van der Waals surface area contributed by atoms with Gasteiger partial charge >= 0.3 is 5.97 Å². The Bertz CT molecular complexity index is 1960. The maximum atomic E-state index is 13.9. The van der Waals surface area contributed by atoms with E-state index >= 15 is 0 Å². The topological polar surface area (TPSA) is 126 Å². The quantitative estimate of drug-likeness (QED) is 0.130. The van der Waals surface area contributed by atoms with Crippen LogP contribution in [0.4, 0.5) is 5.69 Å². The molecule has 13 heteroatoms. The fourth-order valence-corrected chi connectivity index (χ4v) is 6.19. The van der Waals surface area contributed by atoms with E-state index in [2.05, 4.69) is 4.99 Å². The molecule has 0 bridgehead atoms. The van der Waals surface area contributed by atoms with Gasteiger partial charge in [0, 0.05) is 17.7 Å². The molecule has 10 nitrogen and oxygen atoms in total. The monoisotopic (exact) mass is 641 g/mol. The van der Waals surface area contributed by atoms with E-state index in [4.69, 9.17) is 37.1 Å². The molecule has 2 aromatic carbocycles. The molecule has 0 amide bonds. The predicted molar refractivity (Wildman–Crippen MR) is 163 cm³/mol. The van der Waals surface area contributed by atoms with Crippen molar-refractivity contribution in [3.05, 3.63) is 111 Å². The summed E-state index contributed by atoms with van der Waals surface area (Å²) in [7, 11) is 0. The number of ether oxygens (including phenoxy) is 2. The summed E-state index contributed by atoms with van der Waals surface area (Å²) in [4.78, 5) is 42.5. The molecule has 0 aliphatic carbocycles. The average Bonchev–Trinajstić information content (AvgIpc) is 3.53. The molecule has 5 rings (SSSR count). The van der Waals surface area contributed by atoms with E-state index < -0.39 is 16.9 Å². The maximum absolute atomic E-state index is 13.9. The van der Waals surface area contributed by atoms with E-state index in [0.717, 1.165) is 17.4 Å². The Kier molecular flexibility index (Phi) is 8.59. The van der Waals surface area contributed by atoms with E-state index in [0.29, 0.717) is 43.4 Å². The van der Waals surface area contributed by atoms with Crippen LogP contribution in [0, 0.1) is 10.1 Å². The minimum Gasteiger partial charge on any atom is -0.491 e. The van der Waals surface area contributed by atoms with Gasteiger partial charge in [0.15, 0.2) is 4.80 Å². The third-order valence-electron chi connectivity index (χ3n) is 6.48. The van der Waals surface area contributed by atoms with E-state index in [1.807, 2.05) is 26.0 Å². The summed E-state index contributed by atoms with van der Waals surface area (Å²) >= 11 is 13.5. The zero-order chi connectivity index (χ0) is 31.0. The van der Waals surface area contributed by atoms with Crippen LogP contribution in [0.1, 0.15) is 45.1 Å². The Labute approximate surface area is 259 Å². The number of thiazole rings is 1. The second-order valence-corrected chi connectivity index (χ2v) is 11.6. The van der Waals surface area contributed by atoms with Crippen LogP contribution in [-0.4, -0.2) is 28.2 Å². The van der Waals surface area contributed by atoms with Crippen LogP contribution in [0.15, 0.2) is 74.0 Å². The molecule has 1 aliphatic heterocycles. The van der Waals surface area contributed by atoms with E-state index in [-0.39, 0.29) is 39.6 Å². The van der Waals surface area contributed by atoms with Crippen LogP contribution in [0.25, 0.3) is 17.4 Å². The van der Waals surface area contributed by atoms with Crippen LogP contribution in [0.3, 0.4) is 0 Å². The molecule has 1 atom stereocenters. The number of rotatable bonds is 8. The Morgan fingerprint density at radius 2 is 1.91 bits per heavy atom. The van der Waals surface area contributed by atoms with E-state index in [9.17, 15) is 19.7 Å². The van der Waals surface area contributed by atoms with Gasteiger partial charge in [-0.25, -0.2) is 9.79 Å². The minimum absolute atomic E-state index is 0.0173. The highest BCUT2D eigenvalue weighted by Crippen LogP contribution is 2.37. The van der Waals surface area contributed by atoms with Crippen molar-refractivity contribution >= 4 is 52.3 Å². The lowest BCUT2D eigenvalue weighted by atomic mass is 9.96. The third kappa shape index (κ3) is 6.01. The smallest absolute Gasteiger partial charge is 0.338 e. The molecule has 43 heavy (non-hydrogen) atoms. The van der Waals surface area contributed by atoms with Gasteiger partial charge in [-0.05, 0) is 63.6 Å². The number of benzene rings is 2. The highest BCUT2D eigenvalue weighted by atomic mass is 35.5. The number of esters is 1. The van der Waals surface area contributed by atoms with Gasteiger partial charge in [-0.2, -0.15) is 0 Å². The molecule has 0 saturated heterocycles. The van der Waals surface area contributed by atoms with Gasteiger partial charge in [0.2, 0.25) is 0 Å². The number of allylic oxidation sites excluding steroid dienone is 1. The summed E-state index contributed by atoms with van der Waals surface area (Å²) in [6.07, 6.45) is 1.55. The van der Waals surface area contributed by atoms with Gasteiger partial charge in [0.1, 0.15) is 22.3 Å². The molecule has 0 N–H and O–H groups in total. The molecule has 0 spiro atoms. The highest BCUT2D eigenvalue weighted by Gasteiger charge is 2.33. The van der Waals surface area contributed by atoms with Crippen molar-refractivity contribution < 1.29 is 23.6 Å². The first kappa shape index (κ1) is 30.3. The van der Waals surface area contributed by atoms with Gasteiger partial charge < -0.3 is 13.9 Å². The van der Waals surface area contributed by atoms with Gasteiger partial charge in [0.05, 0.1) is 44.5 Å². The summed E-state index contributed by atoms with van der Waals surface area (Å²) in [5, 5.41) is 11.2. The SMILES string of the molecule is CCOC(=O)C1=C(C)N=c2s/c(=C/c3ccc(-c4cc(Cl)c([N+](=O)[O-])cc4Cl)o3)c(=O)n2[C@@H]1c1ccc(OC(C)C)cc1. The first-order valence-corrected chi connectivity index (χ1v) is 14.8. The van der Waals surface area contributed by atoms with Crippen molar-refractivity contribution in [2.45, 2.75) is 39.8 Å². The number of hydrogen-bond donors (Lipinski definition) is 0. The number of aromatic nitrogens is 1. The number of carbonyl (C=O) groups excluding carboxylic acids is 1. The Morgan fingerprint density at radius 3 is 2.56 bits per heavy atom. The summed E-state index contributed by atoms with van der Waals surface area (Å²) in [6, 6.07) is 12.2. The first-order valence-electron chi connectivity index (χ1n) is 13.2. The normalized spacial score (nSPS) is 15.0. The minimum atomic E-state index is -0.779. The Morgan fingerprint density at radius 1 is 1.19 bits per heavy atom. The molecular formula is C30H25Cl2N3O7S. The fraction of sp³-hybridized carbons (Fsp3) is 0.233. The second kappa shape index (κ2) is 12.2. The van der Waals surface area contributed by atoms with Crippen molar-refractivity contribution in [3.63, 3.8) is 0 Å². The highest BCUT2D eigenvalue weighted by molar-refractivity contribution is 7.07. The van der Waals surface area contributed by atoms with Crippen LogP contribution in [0.2, 0.25) is 10.0 Å². The van der Waals surface area contributed by atoms with Crippen LogP contribution < -0.4 is 19.6 Å². The lowest BCUT2D eigenvalue weighted by Crippen LogP contribution is -2.39. The molecular weight excluding hydrogens is 617 g/mol. The summed E-state index contributed by atoms with van der Waals surface area (Å²) < 4.78 is 18.8. The predicted octanol–water partition coefficient (Wildman–Crippen LogP) is 6.06. The first-order chi connectivity index (χ1) is 20.5. The van der Waals surface area contributed by atoms with Gasteiger partial charge in [-0.15, -0.1) is 0 Å². The zero-order valence-electron chi connectivity index (χ0n) is 23.4. The number of fused-ring (bicyclic) bond motifs is 1. The van der Waals surface area contributed by atoms with Crippen molar-refractivity contribution in [2.24, 2.45) is 4.99 Å². The number of hydrogen-bond acceptors (Lipinski definition) is 9. The number of furan rings is 1. The summed E-state index contributed by atoms with van der Waals surface area (Å²) in [5.74, 6) is 0.745. The summed E-state index contributed by atoms with van der Waals surface area (Å²) in [6.45, 7) is 7.44. The number of nitrogens with zero attached hydrogens (tertiary/aromatic N) is 3. The molecule has 0 radical (unpaired) electrons. The molecule has 3 heterocycles. The van der Waals surface area contributed by atoms with E-state index in [1.165, 1.54) is 10.6 Å². The molecule has 0 saturated carbocycles. The molecule has 4 aromatic rings. The van der Waals surface area contributed by atoms with Crippen LogP contribution in [0.5, 0.6) is 5.75 Å². The molecule has 0 fully saturated rings. The molecule has 1 aliphatic rings. The second-order valence-electron chi connectivity index (χ2n) is 9.78. The molecule has 0 unspecified atom stereocenters. The summed E-state index contributed by atoms with van der Waals surface area (Å²) in [5.41, 5.74) is 1.06. The van der Waals surface area contributed by atoms with Crippen LogP contribution >= 0.6 is 34.5 Å². The number of nitro benzene ring substituents is 1. The lowest BCUT2D eigenvalue weighted by molar-refractivity contribution is -0.384. The average molecular weight is 643 g/mol. The standard InChI is InChI=1S/C30H25Cl2N3O7S/c1-5-40-29(37)26-16(4)33-30-34(27(26)17-6-8-18(9-7-17)41-15(2)3)28(36)25(43-30)12-19-10-11-24(42-19)20-13-22(32)23(35(38)39)14-21(20)31/h6-15,27H,5H2,1-4H3/b25-12+/t27-/m1/s1. The van der Waals surface area contributed by atoms with Crippen molar-refractivity contribution in [3.8, 4) is 17.1 Å². The number of nitro groups is 1. The van der Waals surface area contributed by atoms with Crippen LogP contribution in [-0.2, 0) is 9.53 Å². The maximum Gasteiger partial charge on any atom is 0.338 e. The van der Waals surface area contributed by atoms with Gasteiger partial charge in [-0.1, -0.05) is 46.7 Å². The largest absolute Gasteiger partial charge is 0.491 e. The van der Waals surface area contributed by atoms with Crippen molar-refractivity contribution in [1.82, 2.24) is 4.57 Å². The van der Waals surface area contributed by atoms with E-state index in [1.54, 1.807) is 44.2 Å². The van der Waals surface area contributed by atoms with Gasteiger partial charge in [0.25, 0.3) is 11.2 Å².